The molecule has 0 aromatic heterocycles. The topological polar surface area (TPSA) is 92.6 Å². The SMILES string of the molecule is COC(=O)/C=C1/S/C(=N\N=Cc2ccc(OC)c(CN(C(C)C)C(C)C)c2)NC1=O. The van der Waals surface area contributed by atoms with Crippen LogP contribution in [0.1, 0.15) is 38.8 Å². The molecule has 0 atom stereocenters. The molecule has 9 heteroatoms. The Kier molecular flexibility index (Phi) is 8.61. The molecule has 8 nitrogen and oxygen atoms in total. The van der Waals surface area contributed by atoms with E-state index in [0.29, 0.717) is 17.3 Å². The lowest BCUT2D eigenvalue weighted by Gasteiger charge is -2.31. The number of ether oxygens (including phenoxy) is 2. The average molecular weight is 433 g/mol. The van der Waals surface area contributed by atoms with Gasteiger partial charge in [0.1, 0.15) is 5.75 Å². The quantitative estimate of drug-likeness (QED) is 0.294. The minimum absolute atomic E-state index is 0.213. The molecule has 1 aromatic rings. The fourth-order valence-electron chi connectivity index (χ4n) is 2.95. The van der Waals surface area contributed by atoms with Crippen LogP contribution in [0.3, 0.4) is 0 Å². The first-order valence-electron chi connectivity index (χ1n) is 9.57. The average Bonchev–Trinajstić information content (AvgIpc) is 3.04. The van der Waals surface area contributed by atoms with Gasteiger partial charge in [-0.3, -0.25) is 15.0 Å². The molecule has 1 heterocycles. The Balaban J connectivity index is 2.16. The highest BCUT2D eigenvalue weighted by atomic mass is 32.2. The van der Waals surface area contributed by atoms with Crippen LogP contribution in [-0.4, -0.2) is 54.5 Å². The van der Waals surface area contributed by atoms with Gasteiger partial charge in [-0.1, -0.05) is 0 Å². The van der Waals surface area contributed by atoms with Crippen LogP contribution in [0.4, 0.5) is 0 Å². The number of carbonyl (C=O) groups excluding carboxylic acids is 2. The molecule has 1 aromatic carbocycles. The molecule has 1 aliphatic rings. The van der Waals surface area contributed by atoms with E-state index in [1.165, 1.54) is 7.11 Å². The summed E-state index contributed by atoms with van der Waals surface area (Å²) in [4.78, 5) is 25.7. The number of nitrogens with zero attached hydrogens (tertiary/aromatic N) is 3. The third kappa shape index (κ3) is 6.43. The first kappa shape index (κ1) is 23.6. The molecule has 162 valence electrons. The van der Waals surface area contributed by atoms with Crippen molar-refractivity contribution in [1.82, 2.24) is 10.2 Å². The highest BCUT2D eigenvalue weighted by Crippen LogP contribution is 2.24. The summed E-state index contributed by atoms with van der Waals surface area (Å²) in [6.07, 6.45) is 2.73. The molecular formula is C21H28N4O4S. The lowest BCUT2D eigenvalue weighted by molar-refractivity contribution is -0.135. The zero-order valence-corrected chi connectivity index (χ0v) is 18.9. The van der Waals surface area contributed by atoms with Crippen molar-refractivity contribution < 1.29 is 19.1 Å². The summed E-state index contributed by atoms with van der Waals surface area (Å²) in [6.45, 7) is 9.44. The molecule has 1 N–H and O–H groups in total. The van der Waals surface area contributed by atoms with Gasteiger partial charge in [-0.15, -0.1) is 5.10 Å². The second kappa shape index (κ2) is 10.9. The van der Waals surface area contributed by atoms with Gasteiger partial charge in [-0.2, -0.15) is 5.10 Å². The van der Waals surface area contributed by atoms with Gasteiger partial charge in [0, 0.05) is 30.3 Å². The molecule has 30 heavy (non-hydrogen) atoms. The molecule has 0 bridgehead atoms. The summed E-state index contributed by atoms with van der Waals surface area (Å²) in [5.74, 6) is -0.186. The molecular weight excluding hydrogens is 404 g/mol. The number of methoxy groups -OCH3 is 2. The number of benzene rings is 1. The van der Waals surface area contributed by atoms with Crippen LogP contribution >= 0.6 is 11.8 Å². The number of rotatable bonds is 8. The van der Waals surface area contributed by atoms with Crippen LogP contribution in [-0.2, 0) is 20.9 Å². The van der Waals surface area contributed by atoms with Crippen LogP contribution in [0, 0.1) is 0 Å². The van der Waals surface area contributed by atoms with Crippen LogP contribution in [0.2, 0.25) is 0 Å². The fraction of sp³-hybridized carbons (Fsp3) is 0.429. The number of amidine groups is 1. The largest absolute Gasteiger partial charge is 0.496 e. The maximum absolute atomic E-state index is 11.8. The second-order valence-corrected chi connectivity index (χ2v) is 8.20. The molecule has 1 saturated heterocycles. The Labute approximate surface area is 181 Å². The van der Waals surface area contributed by atoms with E-state index in [-0.39, 0.29) is 4.91 Å². The van der Waals surface area contributed by atoms with E-state index in [4.69, 9.17) is 4.74 Å². The molecule has 1 amide bonds. The van der Waals surface area contributed by atoms with Crippen molar-refractivity contribution in [3.8, 4) is 5.75 Å². The lowest BCUT2D eigenvalue weighted by atomic mass is 10.1. The van der Waals surface area contributed by atoms with Gasteiger partial charge >= 0.3 is 5.97 Å². The van der Waals surface area contributed by atoms with Gasteiger partial charge in [-0.25, -0.2) is 4.79 Å². The number of thioether (sulfide) groups is 1. The minimum atomic E-state index is -0.597. The van der Waals surface area contributed by atoms with Gasteiger partial charge in [0.05, 0.1) is 25.3 Å². The van der Waals surface area contributed by atoms with E-state index in [2.05, 4.69) is 52.9 Å². The maximum atomic E-state index is 11.8. The third-order valence-electron chi connectivity index (χ3n) is 4.44. The molecule has 0 spiro atoms. The van der Waals surface area contributed by atoms with Crippen molar-refractivity contribution in [2.75, 3.05) is 14.2 Å². The van der Waals surface area contributed by atoms with Gasteiger partial charge in [0.25, 0.3) is 5.91 Å². The predicted octanol–water partition coefficient (Wildman–Crippen LogP) is 2.92. The van der Waals surface area contributed by atoms with E-state index >= 15 is 0 Å². The van der Waals surface area contributed by atoms with E-state index < -0.39 is 11.9 Å². The van der Waals surface area contributed by atoms with Crippen molar-refractivity contribution >= 4 is 35.0 Å². The van der Waals surface area contributed by atoms with Crippen LogP contribution < -0.4 is 10.1 Å². The Morgan fingerprint density at radius 2 is 1.93 bits per heavy atom. The normalized spacial score (nSPS) is 17.0. The molecule has 0 radical (unpaired) electrons. The molecule has 1 aliphatic heterocycles. The Bertz CT molecular complexity index is 870. The van der Waals surface area contributed by atoms with Crippen molar-refractivity contribution in [2.45, 2.75) is 46.3 Å². The number of hydrogen-bond acceptors (Lipinski definition) is 8. The monoisotopic (exact) mass is 432 g/mol. The molecule has 0 saturated carbocycles. The zero-order valence-electron chi connectivity index (χ0n) is 18.1. The standard InChI is InChI=1S/C21H28N4O4S/c1-13(2)25(14(3)4)12-16-9-15(7-8-17(16)28-5)11-22-24-21-23-20(27)18(30-21)10-19(26)29-6/h7-11,13-14H,12H2,1-6H3,(H,23,24,27)/b18-10+,22-11?. The molecule has 1 fully saturated rings. The summed E-state index contributed by atoms with van der Waals surface area (Å²) < 4.78 is 10.0. The summed E-state index contributed by atoms with van der Waals surface area (Å²) in [7, 11) is 2.91. The lowest BCUT2D eigenvalue weighted by Crippen LogP contribution is -2.36. The number of hydrogen-bond donors (Lipinski definition) is 1. The molecule has 2 rings (SSSR count). The van der Waals surface area contributed by atoms with E-state index in [1.807, 2.05) is 18.2 Å². The first-order chi connectivity index (χ1) is 14.2. The maximum Gasteiger partial charge on any atom is 0.331 e. The molecule has 0 unspecified atom stereocenters. The number of esters is 1. The highest BCUT2D eigenvalue weighted by Gasteiger charge is 2.25. The summed E-state index contributed by atoms with van der Waals surface area (Å²) in [5, 5.41) is 10.9. The summed E-state index contributed by atoms with van der Waals surface area (Å²) >= 11 is 1.03. The second-order valence-electron chi connectivity index (χ2n) is 7.17. The van der Waals surface area contributed by atoms with Crippen molar-refractivity contribution in [1.29, 1.82) is 0 Å². The minimum Gasteiger partial charge on any atom is -0.496 e. The molecule has 0 aliphatic carbocycles. The first-order valence-corrected chi connectivity index (χ1v) is 10.4. The van der Waals surface area contributed by atoms with E-state index in [9.17, 15) is 9.59 Å². The smallest absolute Gasteiger partial charge is 0.331 e. The van der Waals surface area contributed by atoms with Crippen LogP contribution in [0.5, 0.6) is 5.75 Å². The predicted molar refractivity (Wildman–Crippen MR) is 120 cm³/mol. The third-order valence-corrected chi connectivity index (χ3v) is 5.34. The Morgan fingerprint density at radius 1 is 1.23 bits per heavy atom. The van der Waals surface area contributed by atoms with Crippen molar-refractivity contribution in [3.63, 3.8) is 0 Å². The van der Waals surface area contributed by atoms with E-state index in [1.54, 1.807) is 13.3 Å². The number of carbonyl (C=O) groups is 2. The fourth-order valence-corrected chi connectivity index (χ4v) is 3.69. The summed E-state index contributed by atoms with van der Waals surface area (Å²) in [5.41, 5.74) is 1.92. The Hall–Kier alpha value is -2.65. The number of nitrogens with one attached hydrogen (secondary N) is 1. The van der Waals surface area contributed by atoms with Gasteiger partial charge in [0.15, 0.2) is 5.17 Å². The number of amides is 1. The van der Waals surface area contributed by atoms with E-state index in [0.717, 1.165) is 41.3 Å². The highest BCUT2D eigenvalue weighted by molar-refractivity contribution is 8.18. The van der Waals surface area contributed by atoms with Crippen molar-refractivity contribution in [3.05, 3.63) is 40.3 Å². The van der Waals surface area contributed by atoms with Gasteiger partial charge in [-0.05, 0) is 63.2 Å². The zero-order chi connectivity index (χ0) is 22.3. The summed E-state index contributed by atoms with van der Waals surface area (Å²) in [6, 6.07) is 6.61. The van der Waals surface area contributed by atoms with Gasteiger partial charge in [0.2, 0.25) is 0 Å². The van der Waals surface area contributed by atoms with Gasteiger partial charge < -0.3 is 9.47 Å². The van der Waals surface area contributed by atoms with Crippen molar-refractivity contribution in [2.24, 2.45) is 10.2 Å². The van der Waals surface area contributed by atoms with Crippen LogP contribution in [0.25, 0.3) is 0 Å². The van der Waals surface area contributed by atoms with Crippen LogP contribution in [0.15, 0.2) is 39.4 Å². The Morgan fingerprint density at radius 3 is 2.53 bits per heavy atom.